The Balaban J connectivity index is 1.69. The van der Waals surface area contributed by atoms with Gasteiger partial charge in [-0.2, -0.15) is 5.10 Å². The van der Waals surface area contributed by atoms with Crippen LogP contribution in [-0.2, 0) is 17.9 Å². The molecule has 0 spiro atoms. The molecule has 10 heteroatoms. The largest absolute Gasteiger partial charge is 0.355 e. The maximum absolute atomic E-state index is 13.1. The van der Waals surface area contributed by atoms with Crippen LogP contribution in [0.25, 0.3) is 0 Å². The Kier molecular flexibility index (Phi) is 7.58. The molecule has 0 bridgehead atoms. The van der Waals surface area contributed by atoms with E-state index >= 15 is 0 Å². The van der Waals surface area contributed by atoms with Crippen LogP contribution < -0.4 is 10.6 Å². The predicted octanol–water partition coefficient (Wildman–Crippen LogP) is 4.06. The standard InChI is InChI=1S/C20H21BrFN5O2S/c1-14(28)23-10-11-26(13-17-6-7-18(21)30-17)20(29)25-19-8-9-24-27(19)12-15-2-4-16(22)5-3-15/h2-9H,10-13H2,1H3,(H,23,28)(H,25,29). The molecule has 2 heterocycles. The van der Waals surface area contributed by atoms with Gasteiger partial charge in [-0.25, -0.2) is 13.9 Å². The number of hydrogen-bond acceptors (Lipinski definition) is 4. The fourth-order valence-electron chi connectivity index (χ4n) is 2.76. The van der Waals surface area contributed by atoms with E-state index in [1.54, 1.807) is 45.3 Å². The number of anilines is 1. The van der Waals surface area contributed by atoms with Crippen LogP contribution in [-0.4, -0.2) is 39.7 Å². The predicted molar refractivity (Wildman–Crippen MR) is 118 cm³/mol. The number of nitrogens with zero attached hydrogens (tertiary/aromatic N) is 3. The SMILES string of the molecule is CC(=O)NCCN(Cc1ccc(Br)s1)C(=O)Nc1ccnn1Cc1ccc(F)cc1. The fraction of sp³-hybridized carbons (Fsp3) is 0.250. The van der Waals surface area contributed by atoms with Gasteiger partial charge in [-0.1, -0.05) is 12.1 Å². The molecule has 3 aromatic rings. The Morgan fingerprint density at radius 2 is 1.97 bits per heavy atom. The first-order chi connectivity index (χ1) is 14.4. The summed E-state index contributed by atoms with van der Waals surface area (Å²) in [6.07, 6.45) is 1.59. The lowest BCUT2D eigenvalue weighted by Gasteiger charge is -2.23. The van der Waals surface area contributed by atoms with Crippen LogP contribution in [0, 0.1) is 5.82 Å². The van der Waals surface area contributed by atoms with Crippen LogP contribution in [0.15, 0.2) is 52.4 Å². The summed E-state index contributed by atoms with van der Waals surface area (Å²) in [7, 11) is 0. The van der Waals surface area contributed by atoms with Gasteiger partial charge in [0.1, 0.15) is 11.6 Å². The monoisotopic (exact) mass is 493 g/mol. The van der Waals surface area contributed by atoms with Crippen LogP contribution in [0.4, 0.5) is 15.0 Å². The summed E-state index contributed by atoms with van der Waals surface area (Å²) >= 11 is 4.98. The topological polar surface area (TPSA) is 79.3 Å². The van der Waals surface area contributed by atoms with Crippen molar-refractivity contribution in [2.45, 2.75) is 20.0 Å². The van der Waals surface area contributed by atoms with E-state index < -0.39 is 0 Å². The van der Waals surface area contributed by atoms with E-state index in [1.165, 1.54) is 19.1 Å². The number of amides is 3. The third kappa shape index (κ3) is 6.39. The lowest BCUT2D eigenvalue weighted by molar-refractivity contribution is -0.119. The zero-order chi connectivity index (χ0) is 21.5. The summed E-state index contributed by atoms with van der Waals surface area (Å²) in [5.41, 5.74) is 0.863. The number of benzene rings is 1. The van der Waals surface area contributed by atoms with Crippen molar-refractivity contribution in [3.8, 4) is 0 Å². The van der Waals surface area contributed by atoms with Gasteiger partial charge in [-0.15, -0.1) is 11.3 Å². The number of aromatic nitrogens is 2. The number of rotatable bonds is 8. The Labute approximate surface area is 186 Å². The van der Waals surface area contributed by atoms with Crippen molar-refractivity contribution >= 4 is 45.0 Å². The van der Waals surface area contributed by atoms with Gasteiger partial charge in [0.2, 0.25) is 5.91 Å². The molecule has 3 amide bonds. The van der Waals surface area contributed by atoms with Crippen molar-refractivity contribution < 1.29 is 14.0 Å². The van der Waals surface area contributed by atoms with Crippen molar-refractivity contribution in [1.29, 1.82) is 0 Å². The molecule has 0 aliphatic rings. The lowest BCUT2D eigenvalue weighted by Crippen LogP contribution is -2.40. The Morgan fingerprint density at radius 1 is 1.20 bits per heavy atom. The smallest absolute Gasteiger partial charge is 0.323 e. The number of urea groups is 1. The van der Waals surface area contributed by atoms with E-state index in [0.29, 0.717) is 32.0 Å². The van der Waals surface area contributed by atoms with Crippen LogP contribution in [0.5, 0.6) is 0 Å². The molecule has 2 aromatic heterocycles. The van der Waals surface area contributed by atoms with Gasteiger partial charge in [0, 0.05) is 31.0 Å². The highest BCUT2D eigenvalue weighted by molar-refractivity contribution is 9.11. The third-order valence-corrected chi connectivity index (χ3v) is 5.82. The van der Waals surface area contributed by atoms with E-state index in [-0.39, 0.29) is 17.8 Å². The van der Waals surface area contributed by atoms with Gasteiger partial charge in [0.05, 0.1) is 23.1 Å². The molecule has 0 aliphatic heterocycles. The third-order valence-electron chi connectivity index (χ3n) is 4.22. The molecule has 2 N–H and O–H groups in total. The summed E-state index contributed by atoms with van der Waals surface area (Å²) in [5.74, 6) is 0.0792. The van der Waals surface area contributed by atoms with Crippen molar-refractivity contribution in [1.82, 2.24) is 20.0 Å². The maximum Gasteiger partial charge on any atom is 0.323 e. The Bertz CT molecular complexity index is 1000. The maximum atomic E-state index is 13.1. The molecule has 0 saturated carbocycles. The lowest BCUT2D eigenvalue weighted by atomic mass is 10.2. The molecule has 0 atom stereocenters. The molecule has 3 rings (SSSR count). The van der Waals surface area contributed by atoms with Gasteiger partial charge in [-0.05, 0) is 45.8 Å². The summed E-state index contributed by atoms with van der Waals surface area (Å²) in [6, 6.07) is 11.4. The van der Waals surface area contributed by atoms with Crippen LogP contribution >= 0.6 is 27.3 Å². The van der Waals surface area contributed by atoms with Crippen molar-refractivity contribution in [3.05, 3.63) is 68.7 Å². The molecule has 0 fully saturated rings. The first-order valence-electron chi connectivity index (χ1n) is 9.21. The summed E-state index contributed by atoms with van der Waals surface area (Å²) in [5, 5.41) is 9.84. The first kappa shape index (κ1) is 22.0. The molecule has 1 aromatic carbocycles. The normalized spacial score (nSPS) is 10.6. The zero-order valence-electron chi connectivity index (χ0n) is 16.3. The van der Waals surface area contributed by atoms with Gasteiger partial charge in [-0.3, -0.25) is 10.1 Å². The molecule has 30 heavy (non-hydrogen) atoms. The number of carbonyl (C=O) groups excluding carboxylic acids is 2. The average molecular weight is 494 g/mol. The zero-order valence-corrected chi connectivity index (χ0v) is 18.7. The quantitative estimate of drug-likeness (QED) is 0.496. The van der Waals surface area contributed by atoms with Crippen LogP contribution in [0.2, 0.25) is 0 Å². The number of hydrogen-bond donors (Lipinski definition) is 2. The van der Waals surface area contributed by atoms with E-state index in [4.69, 9.17) is 0 Å². The fourth-order valence-corrected chi connectivity index (χ4v) is 4.26. The van der Waals surface area contributed by atoms with Gasteiger partial charge in [0.15, 0.2) is 0 Å². The molecule has 0 aliphatic carbocycles. The number of halogens is 2. The molecule has 158 valence electrons. The molecular weight excluding hydrogens is 473 g/mol. The van der Waals surface area contributed by atoms with E-state index in [9.17, 15) is 14.0 Å². The van der Waals surface area contributed by atoms with Crippen LogP contribution in [0.1, 0.15) is 17.4 Å². The minimum atomic E-state index is -0.303. The second-order valence-electron chi connectivity index (χ2n) is 6.54. The van der Waals surface area contributed by atoms with Gasteiger partial charge < -0.3 is 10.2 Å². The molecule has 0 saturated heterocycles. The summed E-state index contributed by atoms with van der Waals surface area (Å²) < 4.78 is 15.7. The number of carbonyl (C=O) groups is 2. The van der Waals surface area contributed by atoms with Crippen molar-refractivity contribution in [2.75, 3.05) is 18.4 Å². The number of thiophene rings is 1. The molecular formula is C20H21BrFN5O2S. The molecule has 0 radical (unpaired) electrons. The molecule has 7 nitrogen and oxygen atoms in total. The Hall–Kier alpha value is -2.72. The van der Waals surface area contributed by atoms with E-state index in [2.05, 4.69) is 31.7 Å². The average Bonchev–Trinajstić information content (AvgIpc) is 3.31. The first-order valence-corrected chi connectivity index (χ1v) is 10.8. The second kappa shape index (κ2) is 10.4. The Morgan fingerprint density at radius 3 is 2.63 bits per heavy atom. The summed E-state index contributed by atoms with van der Waals surface area (Å²) in [4.78, 5) is 26.8. The highest BCUT2D eigenvalue weighted by Gasteiger charge is 2.17. The van der Waals surface area contributed by atoms with Crippen molar-refractivity contribution in [2.24, 2.45) is 0 Å². The van der Waals surface area contributed by atoms with Gasteiger partial charge in [0.25, 0.3) is 0 Å². The summed E-state index contributed by atoms with van der Waals surface area (Å²) in [6.45, 7) is 2.95. The second-order valence-corrected chi connectivity index (χ2v) is 9.09. The van der Waals surface area contributed by atoms with Crippen LogP contribution in [0.3, 0.4) is 0 Å². The minimum Gasteiger partial charge on any atom is -0.355 e. The van der Waals surface area contributed by atoms with Crippen molar-refractivity contribution in [3.63, 3.8) is 0 Å². The highest BCUT2D eigenvalue weighted by atomic mass is 79.9. The highest BCUT2D eigenvalue weighted by Crippen LogP contribution is 2.23. The molecule has 0 unspecified atom stereocenters. The number of nitrogens with one attached hydrogen (secondary N) is 2. The minimum absolute atomic E-state index is 0.147. The van der Waals surface area contributed by atoms with E-state index in [0.717, 1.165) is 14.2 Å². The van der Waals surface area contributed by atoms with E-state index in [1.807, 2.05) is 12.1 Å². The van der Waals surface area contributed by atoms with Gasteiger partial charge >= 0.3 is 6.03 Å².